The number of hydrogen-bond acceptors (Lipinski definition) is 4. The second-order valence-corrected chi connectivity index (χ2v) is 8.53. The van der Waals surface area contributed by atoms with Gasteiger partial charge in [-0.2, -0.15) is 11.8 Å². The summed E-state index contributed by atoms with van der Waals surface area (Å²) in [4.78, 5) is 11.4. The van der Waals surface area contributed by atoms with Gasteiger partial charge in [0.15, 0.2) is 0 Å². The van der Waals surface area contributed by atoms with Crippen molar-refractivity contribution >= 4 is 17.8 Å². The van der Waals surface area contributed by atoms with Gasteiger partial charge in [-0.15, -0.1) is 5.10 Å². The van der Waals surface area contributed by atoms with E-state index in [1.54, 1.807) is 16.8 Å². The summed E-state index contributed by atoms with van der Waals surface area (Å²) < 4.78 is 14.8. The highest BCUT2D eigenvalue weighted by Crippen LogP contribution is 2.33. The fourth-order valence-corrected chi connectivity index (χ4v) is 5.32. The third-order valence-corrected chi connectivity index (χ3v) is 6.71. The lowest BCUT2D eigenvalue weighted by molar-refractivity contribution is 0.247. The van der Waals surface area contributed by atoms with Gasteiger partial charge in [-0.1, -0.05) is 30.2 Å². The Morgan fingerprint density at radius 1 is 1.19 bits per heavy atom. The zero-order chi connectivity index (χ0) is 18.6. The van der Waals surface area contributed by atoms with Crippen molar-refractivity contribution in [2.75, 3.05) is 5.75 Å². The number of hydrogen-bond donors (Lipinski definition) is 2. The Morgan fingerprint density at radius 2 is 2.04 bits per heavy atom. The zero-order valence-corrected chi connectivity index (χ0v) is 15.9. The number of nitrogens with zero attached hydrogens (tertiary/aromatic N) is 3. The number of benzene rings is 1. The Bertz CT molecular complexity index is 781. The second kappa shape index (κ2) is 8.29. The number of nitrogens with one attached hydrogen (secondary N) is 2. The highest BCUT2D eigenvalue weighted by atomic mass is 32.2. The maximum absolute atomic E-state index is 13.0. The molecule has 2 N–H and O–H groups in total. The number of halogens is 1. The fraction of sp³-hybridized carbons (Fsp3) is 0.526. The van der Waals surface area contributed by atoms with Crippen molar-refractivity contribution in [1.29, 1.82) is 0 Å². The molecule has 2 saturated heterocycles. The predicted molar refractivity (Wildman–Crippen MR) is 103 cm³/mol. The molecule has 0 unspecified atom stereocenters. The van der Waals surface area contributed by atoms with E-state index in [0.717, 1.165) is 42.7 Å². The van der Waals surface area contributed by atoms with Crippen LogP contribution in [0.3, 0.4) is 0 Å². The Balaban J connectivity index is 1.15. The number of fused-ring (bicyclic) bond motifs is 1. The maximum Gasteiger partial charge on any atom is 0.315 e. The van der Waals surface area contributed by atoms with Crippen LogP contribution >= 0.6 is 11.8 Å². The summed E-state index contributed by atoms with van der Waals surface area (Å²) in [6.07, 6.45) is 7.45. The molecule has 0 radical (unpaired) electrons. The average molecular weight is 390 g/mol. The average Bonchev–Trinajstić information content (AvgIpc) is 3.34. The van der Waals surface area contributed by atoms with Gasteiger partial charge in [-0.3, -0.25) is 0 Å². The number of carbonyl (C=O) groups excluding carboxylic acids is 1. The number of thioether (sulfide) groups is 1. The van der Waals surface area contributed by atoms with Crippen LogP contribution in [0.2, 0.25) is 0 Å². The normalized spacial score (nSPS) is 23.9. The molecule has 2 aliphatic heterocycles. The molecule has 2 fully saturated rings. The van der Waals surface area contributed by atoms with Gasteiger partial charge in [0.05, 0.1) is 24.3 Å². The molecule has 0 saturated carbocycles. The number of urea groups is 1. The number of amides is 2. The first-order valence-electron chi connectivity index (χ1n) is 9.49. The molecular weight excluding hydrogens is 365 g/mol. The van der Waals surface area contributed by atoms with Crippen molar-refractivity contribution in [3.63, 3.8) is 0 Å². The molecule has 0 bridgehead atoms. The number of rotatable bonds is 8. The van der Waals surface area contributed by atoms with Crippen LogP contribution in [0.1, 0.15) is 36.9 Å². The van der Waals surface area contributed by atoms with E-state index in [-0.39, 0.29) is 11.8 Å². The third-order valence-electron chi connectivity index (χ3n) is 5.20. The first-order chi connectivity index (χ1) is 13.2. The van der Waals surface area contributed by atoms with Gasteiger partial charge in [0.1, 0.15) is 5.82 Å². The summed E-state index contributed by atoms with van der Waals surface area (Å²) in [5.74, 6) is 0.793. The second-order valence-electron chi connectivity index (χ2n) is 7.26. The monoisotopic (exact) mass is 389 g/mol. The van der Waals surface area contributed by atoms with Gasteiger partial charge >= 0.3 is 6.03 Å². The summed E-state index contributed by atoms with van der Waals surface area (Å²) >= 11 is 1.97. The van der Waals surface area contributed by atoms with Crippen molar-refractivity contribution in [3.05, 3.63) is 47.5 Å². The van der Waals surface area contributed by atoms with E-state index >= 15 is 0 Å². The van der Waals surface area contributed by atoms with Crippen molar-refractivity contribution in [1.82, 2.24) is 25.6 Å². The quantitative estimate of drug-likeness (QED) is 0.538. The summed E-state index contributed by atoms with van der Waals surface area (Å²) in [5.41, 5.74) is 2.01. The molecule has 1 aromatic heterocycles. The Kier molecular flexibility index (Phi) is 5.61. The minimum absolute atomic E-state index is 0.0148. The van der Waals surface area contributed by atoms with E-state index in [1.807, 2.05) is 18.0 Å². The molecule has 2 aliphatic rings. The topological polar surface area (TPSA) is 71.8 Å². The Hall–Kier alpha value is -2.09. The summed E-state index contributed by atoms with van der Waals surface area (Å²) in [6.45, 7) is 0.606. The Labute approximate surface area is 162 Å². The van der Waals surface area contributed by atoms with Gasteiger partial charge in [0, 0.05) is 17.2 Å². The van der Waals surface area contributed by atoms with Crippen molar-refractivity contribution in [3.8, 4) is 0 Å². The zero-order valence-electron chi connectivity index (χ0n) is 15.1. The van der Waals surface area contributed by atoms with Gasteiger partial charge in [-0.25, -0.2) is 13.9 Å². The molecular formula is C19H24FN5OS. The van der Waals surface area contributed by atoms with E-state index in [0.29, 0.717) is 23.9 Å². The minimum atomic E-state index is -0.226. The van der Waals surface area contributed by atoms with Gasteiger partial charge < -0.3 is 10.6 Å². The predicted octanol–water partition coefficient (Wildman–Crippen LogP) is 2.73. The molecule has 0 aliphatic carbocycles. The van der Waals surface area contributed by atoms with Crippen molar-refractivity contribution in [2.45, 2.75) is 56.0 Å². The van der Waals surface area contributed by atoms with Gasteiger partial charge in [0.2, 0.25) is 0 Å². The van der Waals surface area contributed by atoms with Crippen LogP contribution < -0.4 is 10.6 Å². The van der Waals surface area contributed by atoms with Crippen molar-refractivity contribution < 1.29 is 9.18 Å². The van der Waals surface area contributed by atoms with Crippen LogP contribution in [-0.2, 0) is 13.0 Å². The molecule has 8 heteroatoms. The maximum atomic E-state index is 13.0. The summed E-state index contributed by atoms with van der Waals surface area (Å²) in [7, 11) is 0. The van der Waals surface area contributed by atoms with Crippen LogP contribution in [0.15, 0.2) is 30.5 Å². The summed E-state index contributed by atoms with van der Waals surface area (Å²) in [6, 6.07) is 7.06. The molecule has 144 valence electrons. The smallest absolute Gasteiger partial charge is 0.315 e. The van der Waals surface area contributed by atoms with E-state index in [4.69, 9.17) is 0 Å². The molecule has 3 heterocycles. The highest BCUT2D eigenvalue weighted by molar-refractivity contribution is 8.00. The first-order valence-corrected chi connectivity index (χ1v) is 10.5. The van der Waals surface area contributed by atoms with Crippen LogP contribution in [0.5, 0.6) is 0 Å². The lowest BCUT2D eigenvalue weighted by Gasteiger charge is -2.16. The fourth-order valence-electron chi connectivity index (χ4n) is 3.78. The molecule has 2 aromatic rings. The SMILES string of the molecule is O=C1N[C@H]2[C@H](CS[C@H]2CCCCCc2cn(Cc3ccc(F)cc3)nn2)N1. The van der Waals surface area contributed by atoms with Crippen molar-refractivity contribution in [2.24, 2.45) is 0 Å². The largest absolute Gasteiger partial charge is 0.332 e. The molecule has 4 rings (SSSR count). The number of aromatic nitrogens is 3. The lowest BCUT2D eigenvalue weighted by Crippen LogP contribution is -2.36. The van der Waals surface area contributed by atoms with Crippen LogP contribution in [0.25, 0.3) is 0 Å². The first kappa shape index (κ1) is 18.3. The third kappa shape index (κ3) is 4.61. The minimum Gasteiger partial charge on any atom is -0.332 e. The van der Waals surface area contributed by atoms with Gasteiger partial charge in [0.25, 0.3) is 0 Å². The Morgan fingerprint density at radius 3 is 2.89 bits per heavy atom. The number of unbranched alkanes of at least 4 members (excludes halogenated alkanes) is 2. The van der Waals surface area contributed by atoms with Gasteiger partial charge in [-0.05, 0) is 37.0 Å². The molecule has 6 nitrogen and oxygen atoms in total. The molecule has 1 aromatic carbocycles. The molecule has 3 atom stereocenters. The van der Waals surface area contributed by atoms with E-state index in [1.165, 1.54) is 18.6 Å². The van der Waals surface area contributed by atoms with Crippen LogP contribution in [0.4, 0.5) is 9.18 Å². The lowest BCUT2D eigenvalue weighted by atomic mass is 10.0. The number of carbonyl (C=O) groups is 1. The molecule has 27 heavy (non-hydrogen) atoms. The standard InChI is InChI=1S/C19H24FN5OS/c20-14-8-6-13(7-9-14)10-25-11-15(23-24-25)4-2-1-3-5-17-18-16(12-27-17)21-19(26)22-18/h6-9,11,16-18H,1-5,10,12H2,(H2,21,22,26)/t16-,17-,18-/m0/s1. The summed E-state index contributed by atoms with van der Waals surface area (Å²) in [5, 5.41) is 15.0. The van der Waals surface area contributed by atoms with E-state index in [2.05, 4.69) is 20.9 Å². The number of aryl methyl sites for hydroxylation is 1. The molecule has 2 amide bonds. The highest BCUT2D eigenvalue weighted by Gasteiger charge is 2.42. The van der Waals surface area contributed by atoms with E-state index < -0.39 is 0 Å². The van der Waals surface area contributed by atoms with Crippen LogP contribution in [0, 0.1) is 5.82 Å². The van der Waals surface area contributed by atoms with Crippen LogP contribution in [-0.4, -0.2) is 44.1 Å². The molecule has 0 spiro atoms. The van der Waals surface area contributed by atoms with E-state index in [9.17, 15) is 9.18 Å².